The molecule has 0 aliphatic rings. The fraction of sp³-hybridized carbons (Fsp3) is 0.579. The van der Waals surface area contributed by atoms with Crippen LogP contribution < -0.4 is 4.74 Å². The number of carbonyl (C=O) groups excluding carboxylic acids is 2. The van der Waals surface area contributed by atoms with Gasteiger partial charge in [0.1, 0.15) is 11.5 Å². The van der Waals surface area contributed by atoms with Gasteiger partial charge in [-0.2, -0.15) is 0 Å². The number of benzene rings is 1. The fourth-order valence-corrected chi connectivity index (χ4v) is 2.58. The SMILES string of the molecule is CCOC(=O)CCCOc1ccccc1C(COCCCl)CC(C)=O. The number of halogens is 1. The molecule has 1 aromatic carbocycles. The molecule has 5 nitrogen and oxygen atoms in total. The molecule has 0 aliphatic carbocycles. The fourth-order valence-electron chi connectivity index (χ4n) is 2.47. The van der Waals surface area contributed by atoms with Gasteiger partial charge in [0, 0.05) is 24.6 Å². The van der Waals surface area contributed by atoms with Gasteiger partial charge in [-0.25, -0.2) is 0 Å². The summed E-state index contributed by atoms with van der Waals surface area (Å²) in [6.07, 6.45) is 1.28. The zero-order chi connectivity index (χ0) is 18.5. The Kier molecular flexibility index (Phi) is 10.9. The van der Waals surface area contributed by atoms with E-state index >= 15 is 0 Å². The van der Waals surface area contributed by atoms with E-state index in [1.165, 1.54) is 0 Å². The summed E-state index contributed by atoms with van der Waals surface area (Å²) in [4.78, 5) is 22.9. The molecule has 0 fully saturated rings. The lowest BCUT2D eigenvalue weighted by Gasteiger charge is -2.20. The highest BCUT2D eigenvalue weighted by Gasteiger charge is 2.18. The van der Waals surface area contributed by atoms with Gasteiger partial charge in [-0.3, -0.25) is 4.79 Å². The Bertz CT molecular complexity index is 532. The molecule has 0 amide bonds. The molecule has 0 radical (unpaired) electrons. The third kappa shape index (κ3) is 8.89. The molecule has 1 unspecified atom stereocenters. The van der Waals surface area contributed by atoms with E-state index in [2.05, 4.69) is 0 Å². The van der Waals surface area contributed by atoms with Gasteiger partial charge in [0.15, 0.2) is 0 Å². The second kappa shape index (κ2) is 12.7. The standard InChI is InChI=1S/C19H27ClO5/c1-3-24-19(22)9-6-11-25-18-8-5-4-7-17(18)16(13-15(2)21)14-23-12-10-20/h4-5,7-8,16H,3,6,9-14H2,1-2H3. The van der Waals surface area contributed by atoms with Crippen molar-refractivity contribution in [3.8, 4) is 5.75 Å². The Morgan fingerprint density at radius 1 is 1.20 bits per heavy atom. The first-order chi connectivity index (χ1) is 12.1. The number of Topliss-reactive ketones (excluding diaryl/α,β-unsaturated/α-hetero) is 1. The van der Waals surface area contributed by atoms with Crippen LogP contribution in [-0.4, -0.2) is 44.1 Å². The van der Waals surface area contributed by atoms with Crippen LogP contribution in [0.1, 0.15) is 44.6 Å². The van der Waals surface area contributed by atoms with Gasteiger partial charge >= 0.3 is 5.97 Å². The van der Waals surface area contributed by atoms with Crippen LogP contribution in [0.5, 0.6) is 5.75 Å². The molecule has 0 saturated carbocycles. The summed E-state index contributed by atoms with van der Waals surface area (Å²) in [6.45, 7) is 5.00. The number of carbonyl (C=O) groups is 2. The van der Waals surface area contributed by atoms with Crippen LogP contribution in [0.25, 0.3) is 0 Å². The minimum atomic E-state index is -0.219. The van der Waals surface area contributed by atoms with E-state index in [0.717, 1.165) is 5.56 Å². The lowest BCUT2D eigenvalue weighted by Crippen LogP contribution is -2.14. The van der Waals surface area contributed by atoms with E-state index in [4.69, 9.17) is 25.8 Å². The van der Waals surface area contributed by atoms with Crippen molar-refractivity contribution in [2.75, 3.05) is 32.3 Å². The Hall–Kier alpha value is -1.59. The van der Waals surface area contributed by atoms with Crippen LogP contribution >= 0.6 is 11.6 Å². The molecule has 0 heterocycles. The first kappa shape index (κ1) is 21.5. The van der Waals surface area contributed by atoms with Crippen molar-refractivity contribution in [2.24, 2.45) is 0 Å². The van der Waals surface area contributed by atoms with Crippen molar-refractivity contribution < 1.29 is 23.8 Å². The quantitative estimate of drug-likeness (QED) is 0.301. The Morgan fingerprint density at radius 3 is 2.64 bits per heavy atom. The van der Waals surface area contributed by atoms with Crippen molar-refractivity contribution in [2.45, 2.75) is 39.0 Å². The Morgan fingerprint density at radius 2 is 1.96 bits per heavy atom. The highest BCUT2D eigenvalue weighted by molar-refractivity contribution is 6.17. The lowest BCUT2D eigenvalue weighted by molar-refractivity contribution is -0.143. The number of hydrogen-bond acceptors (Lipinski definition) is 5. The maximum Gasteiger partial charge on any atom is 0.305 e. The van der Waals surface area contributed by atoms with Crippen molar-refractivity contribution >= 4 is 23.4 Å². The van der Waals surface area contributed by atoms with Gasteiger partial charge in [-0.15, -0.1) is 11.6 Å². The van der Waals surface area contributed by atoms with Gasteiger partial charge in [0.25, 0.3) is 0 Å². The zero-order valence-corrected chi connectivity index (χ0v) is 15.7. The van der Waals surface area contributed by atoms with Crippen LogP contribution in [0, 0.1) is 0 Å². The molecule has 140 valence electrons. The average molecular weight is 371 g/mol. The Balaban J connectivity index is 2.67. The van der Waals surface area contributed by atoms with E-state index < -0.39 is 0 Å². The number of alkyl halides is 1. The lowest BCUT2D eigenvalue weighted by atomic mass is 9.94. The average Bonchev–Trinajstić information content (AvgIpc) is 2.58. The minimum absolute atomic E-state index is 0.0815. The van der Waals surface area contributed by atoms with Crippen LogP contribution in [0.15, 0.2) is 24.3 Å². The predicted molar refractivity (Wildman–Crippen MR) is 97.4 cm³/mol. The molecule has 0 aromatic heterocycles. The maximum absolute atomic E-state index is 11.6. The maximum atomic E-state index is 11.6. The number of ketones is 1. The highest BCUT2D eigenvalue weighted by Crippen LogP contribution is 2.30. The van der Waals surface area contributed by atoms with Crippen LogP contribution in [0.2, 0.25) is 0 Å². The molecule has 0 saturated heterocycles. The molecule has 25 heavy (non-hydrogen) atoms. The van der Waals surface area contributed by atoms with Crippen molar-refractivity contribution in [3.05, 3.63) is 29.8 Å². The van der Waals surface area contributed by atoms with Gasteiger partial charge in [0.05, 0.1) is 26.4 Å². The molecule has 0 aliphatic heterocycles. The molecule has 0 N–H and O–H groups in total. The van der Waals surface area contributed by atoms with E-state index in [1.54, 1.807) is 13.8 Å². The predicted octanol–water partition coefficient (Wildman–Crippen LogP) is 3.73. The summed E-state index contributed by atoms with van der Waals surface area (Å²) in [5.41, 5.74) is 0.934. The van der Waals surface area contributed by atoms with Crippen LogP contribution in [0.3, 0.4) is 0 Å². The van der Waals surface area contributed by atoms with Crippen LogP contribution in [-0.2, 0) is 19.1 Å². The molecule has 1 rings (SSSR count). The van der Waals surface area contributed by atoms with Gasteiger partial charge in [0.2, 0.25) is 0 Å². The molecule has 6 heteroatoms. The van der Waals surface area contributed by atoms with E-state index in [1.807, 2.05) is 24.3 Å². The number of para-hydroxylation sites is 1. The first-order valence-corrected chi connectivity index (χ1v) is 9.12. The minimum Gasteiger partial charge on any atom is -0.493 e. The molecular weight excluding hydrogens is 344 g/mol. The summed E-state index contributed by atoms with van der Waals surface area (Å²) in [5.74, 6) is 0.924. The molecule has 1 aromatic rings. The van der Waals surface area contributed by atoms with Crippen molar-refractivity contribution in [3.63, 3.8) is 0 Å². The highest BCUT2D eigenvalue weighted by atomic mass is 35.5. The summed E-state index contributed by atoms with van der Waals surface area (Å²) >= 11 is 5.65. The van der Waals surface area contributed by atoms with Gasteiger partial charge in [-0.1, -0.05) is 18.2 Å². The van der Waals surface area contributed by atoms with Gasteiger partial charge < -0.3 is 19.0 Å². The number of ether oxygens (including phenoxy) is 3. The summed E-state index contributed by atoms with van der Waals surface area (Å²) < 4.78 is 16.3. The summed E-state index contributed by atoms with van der Waals surface area (Å²) in [7, 11) is 0. The van der Waals surface area contributed by atoms with E-state index in [9.17, 15) is 9.59 Å². The van der Waals surface area contributed by atoms with E-state index in [-0.39, 0.29) is 17.7 Å². The number of hydrogen-bond donors (Lipinski definition) is 0. The second-order valence-electron chi connectivity index (χ2n) is 5.66. The largest absolute Gasteiger partial charge is 0.493 e. The molecular formula is C19H27ClO5. The Labute approximate surface area is 154 Å². The molecule has 0 bridgehead atoms. The molecule has 0 spiro atoms. The summed E-state index contributed by atoms with van der Waals surface area (Å²) in [5, 5.41) is 0. The number of rotatable bonds is 13. The molecule has 1 atom stereocenters. The third-order valence-electron chi connectivity index (χ3n) is 3.52. The van der Waals surface area contributed by atoms with Crippen molar-refractivity contribution in [1.82, 2.24) is 0 Å². The smallest absolute Gasteiger partial charge is 0.305 e. The normalized spacial score (nSPS) is 11.8. The first-order valence-electron chi connectivity index (χ1n) is 8.59. The van der Waals surface area contributed by atoms with E-state index in [0.29, 0.717) is 57.3 Å². The monoisotopic (exact) mass is 370 g/mol. The second-order valence-corrected chi connectivity index (χ2v) is 6.04. The summed E-state index contributed by atoms with van der Waals surface area (Å²) in [6, 6.07) is 7.61. The zero-order valence-electron chi connectivity index (χ0n) is 15.0. The van der Waals surface area contributed by atoms with Crippen molar-refractivity contribution in [1.29, 1.82) is 0 Å². The third-order valence-corrected chi connectivity index (χ3v) is 3.68. The van der Waals surface area contributed by atoms with Gasteiger partial charge in [-0.05, 0) is 31.9 Å². The van der Waals surface area contributed by atoms with Crippen LogP contribution in [0.4, 0.5) is 0 Å². The number of esters is 1. The topological polar surface area (TPSA) is 61.8 Å².